The van der Waals surface area contributed by atoms with E-state index in [1.165, 1.54) is 11.8 Å². The Balaban J connectivity index is 1.54. The molecule has 30 heavy (non-hydrogen) atoms. The summed E-state index contributed by atoms with van der Waals surface area (Å²) in [5.41, 5.74) is 3.74. The summed E-state index contributed by atoms with van der Waals surface area (Å²) in [4.78, 5) is 20.7. The predicted octanol–water partition coefficient (Wildman–Crippen LogP) is 3.53. The summed E-state index contributed by atoms with van der Waals surface area (Å²) in [6, 6.07) is 19.6. The van der Waals surface area contributed by atoms with Crippen molar-refractivity contribution in [1.82, 2.24) is 15.3 Å². The summed E-state index contributed by atoms with van der Waals surface area (Å²) in [7, 11) is -3.03. The van der Waals surface area contributed by atoms with E-state index in [0.717, 1.165) is 22.5 Å². The number of nitrogens with zero attached hydrogens (tertiary/aromatic N) is 1. The molecule has 0 bridgehead atoms. The largest absolute Gasteiger partial charge is 0.351 e. The Morgan fingerprint density at radius 1 is 1.10 bits per heavy atom. The van der Waals surface area contributed by atoms with Gasteiger partial charge in [-0.15, -0.1) is 0 Å². The molecule has 0 spiro atoms. The van der Waals surface area contributed by atoms with Gasteiger partial charge in [-0.3, -0.25) is 4.79 Å². The van der Waals surface area contributed by atoms with E-state index in [2.05, 4.69) is 10.3 Å². The van der Waals surface area contributed by atoms with Gasteiger partial charge in [0.25, 0.3) is 0 Å². The third kappa shape index (κ3) is 4.76. The molecule has 0 saturated carbocycles. The number of nitrogens with one attached hydrogen (secondary N) is 2. The van der Waals surface area contributed by atoms with Crippen LogP contribution in [0.2, 0.25) is 0 Å². The molecule has 2 unspecified atom stereocenters. The number of carbonyl (C=O) groups is 1. The second-order valence-corrected chi connectivity index (χ2v) is 10.9. The molecule has 1 saturated heterocycles. The second-order valence-electron chi connectivity index (χ2n) is 7.37. The molecule has 156 valence electrons. The molecule has 0 aliphatic carbocycles. The fraction of sp³-hybridized carbons (Fsp3) is 0.273. The van der Waals surface area contributed by atoms with Crippen molar-refractivity contribution in [2.75, 3.05) is 11.5 Å². The highest BCUT2D eigenvalue weighted by Gasteiger charge is 2.30. The molecule has 2 atom stereocenters. The lowest BCUT2D eigenvalue weighted by molar-refractivity contribution is -0.120. The Labute approximate surface area is 180 Å². The van der Waals surface area contributed by atoms with E-state index in [-0.39, 0.29) is 23.5 Å². The van der Waals surface area contributed by atoms with Crippen molar-refractivity contribution in [3.63, 3.8) is 0 Å². The molecule has 2 N–H and O–H groups in total. The Bertz CT molecular complexity index is 1070. The maximum absolute atomic E-state index is 12.6. The number of sulfone groups is 1. The van der Waals surface area contributed by atoms with Crippen LogP contribution in [0, 0.1) is 0 Å². The zero-order valence-electron chi connectivity index (χ0n) is 16.5. The Hall–Kier alpha value is -2.58. The number of hydrogen-bond donors (Lipinski definition) is 2. The van der Waals surface area contributed by atoms with Crippen LogP contribution in [0.15, 0.2) is 65.8 Å². The molecule has 1 fully saturated rings. The molecule has 6 nitrogen and oxygen atoms in total. The van der Waals surface area contributed by atoms with Crippen LogP contribution >= 0.6 is 11.8 Å². The van der Waals surface area contributed by atoms with Gasteiger partial charge in [0.2, 0.25) is 5.91 Å². The Kier molecular flexibility index (Phi) is 5.97. The molecule has 8 heteroatoms. The fourth-order valence-electron chi connectivity index (χ4n) is 3.47. The van der Waals surface area contributed by atoms with Crippen molar-refractivity contribution >= 4 is 27.5 Å². The lowest BCUT2D eigenvalue weighted by Crippen LogP contribution is -2.39. The third-order valence-electron chi connectivity index (χ3n) is 5.03. The summed E-state index contributed by atoms with van der Waals surface area (Å²) in [5.74, 6) is -0.0212. The summed E-state index contributed by atoms with van der Waals surface area (Å²) in [6.45, 7) is 1.80. The van der Waals surface area contributed by atoms with E-state index >= 15 is 0 Å². The SMILES string of the molecule is CC(Sc1nc(-c2ccccc2)c(-c2ccccc2)[nH]1)C(=O)NC1CCS(=O)(=O)C1. The fourth-order valence-corrected chi connectivity index (χ4v) is 5.96. The monoisotopic (exact) mass is 441 g/mol. The number of carbonyl (C=O) groups excluding carboxylic acids is 1. The maximum Gasteiger partial charge on any atom is 0.233 e. The molecule has 3 aromatic rings. The standard InChI is InChI=1S/C22H23N3O3S2/c1-15(21(26)23-18-12-13-30(27,28)14-18)29-22-24-19(16-8-4-2-5-9-16)20(25-22)17-10-6-3-7-11-17/h2-11,15,18H,12-14H2,1H3,(H,23,26)(H,24,25). The van der Waals surface area contributed by atoms with Crippen molar-refractivity contribution in [3.05, 3.63) is 60.7 Å². The summed E-state index contributed by atoms with van der Waals surface area (Å²) < 4.78 is 23.2. The number of hydrogen-bond acceptors (Lipinski definition) is 5. The van der Waals surface area contributed by atoms with Crippen LogP contribution in [0.4, 0.5) is 0 Å². The zero-order chi connectivity index (χ0) is 21.1. The van der Waals surface area contributed by atoms with E-state index in [9.17, 15) is 13.2 Å². The maximum atomic E-state index is 12.6. The Morgan fingerprint density at radius 3 is 2.33 bits per heavy atom. The first kappa shape index (κ1) is 20.7. The lowest BCUT2D eigenvalue weighted by Gasteiger charge is -2.14. The van der Waals surface area contributed by atoms with Gasteiger partial charge in [0.15, 0.2) is 15.0 Å². The molecule has 1 aromatic heterocycles. The number of benzene rings is 2. The predicted molar refractivity (Wildman–Crippen MR) is 120 cm³/mol. The quantitative estimate of drug-likeness (QED) is 0.571. The first-order valence-corrected chi connectivity index (χ1v) is 12.5. The first-order valence-electron chi connectivity index (χ1n) is 9.79. The number of H-pyrrole nitrogens is 1. The van der Waals surface area contributed by atoms with Crippen LogP contribution in [0.3, 0.4) is 0 Å². The van der Waals surface area contributed by atoms with Gasteiger partial charge < -0.3 is 10.3 Å². The van der Waals surface area contributed by atoms with Crippen LogP contribution in [0.1, 0.15) is 13.3 Å². The van der Waals surface area contributed by atoms with E-state index < -0.39 is 15.1 Å². The lowest BCUT2D eigenvalue weighted by atomic mass is 10.1. The average Bonchev–Trinajstić information content (AvgIpc) is 3.32. The number of aromatic amines is 1. The summed E-state index contributed by atoms with van der Waals surface area (Å²) in [5, 5.41) is 3.10. The second kappa shape index (κ2) is 8.65. The van der Waals surface area contributed by atoms with Crippen LogP contribution in [0.5, 0.6) is 0 Å². The highest BCUT2D eigenvalue weighted by atomic mass is 32.2. The van der Waals surface area contributed by atoms with Crippen LogP contribution in [-0.2, 0) is 14.6 Å². The zero-order valence-corrected chi connectivity index (χ0v) is 18.2. The third-order valence-corrected chi connectivity index (χ3v) is 7.78. The van der Waals surface area contributed by atoms with Crippen molar-refractivity contribution in [3.8, 4) is 22.5 Å². The van der Waals surface area contributed by atoms with E-state index in [1.54, 1.807) is 6.92 Å². The van der Waals surface area contributed by atoms with Gasteiger partial charge in [-0.2, -0.15) is 0 Å². The van der Waals surface area contributed by atoms with Crippen molar-refractivity contribution in [1.29, 1.82) is 0 Å². The molecule has 2 heterocycles. The number of amides is 1. The van der Waals surface area contributed by atoms with Crippen LogP contribution in [0.25, 0.3) is 22.5 Å². The molecule has 2 aromatic carbocycles. The van der Waals surface area contributed by atoms with E-state index in [0.29, 0.717) is 11.6 Å². The minimum atomic E-state index is -3.03. The van der Waals surface area contributed by atoms with Crippen LogP contribution < -0.4 is 5.32 Å². The van der Waals surface area contributed by atoms with Gasteiger partial charge in [-0.1, -0.05) is 72.4 Å². The summed E-state index contributed by atoms with van der Waals surface area (Å²) >= 11 is 1.33. The van der Waals surface area contributed by atoms with Gasteiger partial charge in [0.1, 0.15) is 0 Å². The van der Waals surface area contributed by atoms with E-state index in [1.807, 2.05) is 60.7 Å². The number of aromatic nitrogens is 2. The topological polar surface area (TPSA) is 91.9 Å². The Morgan fingerprint density at radius 2 is 1.73 bits per heavy atom. The van der Waals surface area contributed by atoms with Crippen molar-refractivity contribution in [2.45, 2.75) is 29.8 Å². The van der Waals surface area contributed by atoms with Crippen molar-refractivity contribution in [2.24, 2.45) is 0 Å². The van der Waals surface area contributed by atoms with Gasteiger partial charge in [-0.05, 0) is 13.3 Å². The molecule has 4 rings (SSSR count). The van der Waals surface area contributed by atoms with Crippen molar-refractivity contribution < 1.29 is 13.2 Å². The molecular formula is C22H23N3O3S2. The van der Waals surface area contributed by atoms with Gasteiger partial charge in [-0.25, -0.2) is 13.4 Å². The molecular weight excluding hydrogens is 418 g/mol. The number of thioether (sulfide) groups is 1. The molecule has 1 amide bonds. The molecule has 1 aliphatic heterocycles. The number of imidazole rings is 1. The van der Waals surface area contributed by atoms with Gasteiger partial charge in [0, 0.05) is 17.2 Å². The highest BCUT2D eigenvalue weighted by Crippen LogP contribution is 2.33. The van der Waals surface area contributed by atoms with Gasteiger partial charge in [0.05, 0.1) is 28.1 Å². The molecule has 1 aliphatic rings. The normalized spacial score (nSPS) is 18.8. The smallest absolute Gasteiger partial charge is 0.233 e. The minimum absolute atomic E-state index is 0.0210. The minimum Gasteiger partial charge on any atom is -0.351 e. The molecule has 0 radical (unpaired) electrons. The van der Waals surface area contributed by atoms with E-state index in [4.69, 9.17) is 4.98 Å². The van der Waals surface area contributed by atoms with Crippen LogP contribution in [-0.4, -0.2) is 47.1 Å². The van der Waals surface area contributed by atoms with Gasteiger partial charge >= 0.3 is 0 Å². The average molecular weight is 442 g/mol. The highest BCUT2D eigenvalue weighted by molar-refractivity contribution is 8.00. The number of rotatable bonds is 6. The first-order chi connectivity index (χ1) is 14.4. The summed E-state index contributed by atoms with van der Waals surface area (Å²) in [6.07, 6.45) is 0.475.